The number of rotatable bonds is 8. The number of nitrogens with two attached hydrogens (primary N) is 1. The molecule has 0 saturated carbocycles. The van der Waals surface area contributed by atoms with Crippen LogP contribution in [0.3, 0.4) is 0 Å². The van der Waals surface area contributed by atoms with E-state index in [4.69, 9.17) is 5.73 Å². The third-order valence-corrected chi connectivity index (χ3v) is 8.18. The summed E-state index contributed by atoms with van der Waals surface area (Å²) in [6, 6.07) is 13.9. The normalized spacial score (nSPS) is 15.2. The lowest BCUT2D eigenvalue weighted by atomic mass is 10.1. The fourth-order valence-corrected chi connectivity index (χ4v) is 5.73. The maximum absolute atomic E-state index is 14.9. The van der Waals surface area contributed by atoms with Crippen LogP contribution in [0, 0.1) is 12.7 Å². The van der Waals surface area contributed by atoms with Crippen molar-refractivity contribution in [2.75, 3.05) is 31.1 Å². The van der Waals surface area contributed by atoms with E-state index in [1.165, 1.54) is 19.1 Å². The molecule has 1 aliphatic heterocycles. The largest absolute Gasteiger partial charge is 0.433 e. The topological polar surface area (TPSA) is 89.4 Å². The molecule has 3 heterocycles. The van der Waals surface area contributed by atoms with Crippen molar-refractivity contribution in [1.82, 2.24) is 19.0 Å². The Bertz CT molecular complexity index is 1850. The molecule has 1 fully saturated rings. The molecule has 2 aromatic heterocycles. The minimum absolute atomic E-state index is 0.0339. The Morgan fingerprint density at radius 3 is 2.11 bits per heavy atom. The van der Waals surface area contributed by atoms with Gasteiger partial charge in [0.1, 0.15) is 17.2 Å². The standard InChI is InChI=1S/C32H31F7N6O2/c1-20-28(43-15-13-42(14-16-43)17-22-9-5-12-27(41-22)32(37,38)39)29(46)45(19-26(40)21-7-3-2-4-8-21)30(47)44(20)18-23-24(31(34,35)36)10-6-11-25(23)33/h2-12,26H,13-19,40H2,1H3/t26-/m0/s1. The number of benzene rings is 2. The van der Waals surface area contributed by atoms with Gasteiger partial charge in [-0.1, -0.05) is 42.5 Å². The van der Waals surface area contributed by atoms with Gasteiger partial charge >= 0.3 is 18.0 Å². The first-order valence-corrected chi connectivity index (χ1v) is 14.6. The Labute approximate surface area is 264 Å². The lowest BCUT2D eigenvalue weighted by Gasteiger charge is -2.36. The number of hydrogen-bond acceptors (Lipinski definition) is 6. The number of halogens is 7. The molecule has 0 bridgehead atoms. The molecule has 15 heteroatoms. The van der Waals surface area contributed by atoms with E-state index in [0.717, 1.165) is 33.4 Å². The van der Waals surface area contributed by atoms with Crippen LogP contribution in [-0.4, -0.2) is 45.2 Å². The summed E-state index contributed by atoms with van der Waals surface area (Å²) in [6.07, 6.45) is -9.51. The fraction of sp³-hybridized carbons (Fsp3) is 0.344. The number of anilines is 1. The van der Waals surface area contributed by atoms with Crippen LogP contribution in [0.15, 0.2) is 76.3 Å². The van der Waals surface area contributed by atoms with Crippen LogP contribution in [0.5, 0.6) is 0 Å². The van der Waals surface area contributed by atoms with E-state index < -0.39 is 58.8 Å². The van der Waals surface area contributed by atoms with Crippen molar-refractivity contribution in [2.45, 2.75) is 45.0 Å². The van der Waals surface area contributed by atoms with Crippen molar-refractivity contribution in [2.24, 2.45) is 5.73 Å². The van der Waals surface area contributed by atoms with Crippen molar-refractivity contribution >= 4 is 5.69 Å². The SMILES string of the molecule is Cc1c(N2CCN(Cc3cccc(C(F)(F)F)n3)CC2)c(=O)n(C[C@H](N)c2ccccc2)c(=O)n1Cc1c(F)cccc1C(F)(F)F. The van der Waals surface area contributed by atoms with Crippen LogP contribution in [0.2, 0.25) is 0 Å². The van der Waals surface area contributed by atoms with Gasteiger partial charge in [-0.05, 0) is 36.8 Å². The Kier molecular flexibility index (Phi) is 9.59. The van der Waals surface area contributed by atoms with E-state index in [9.17, 15) is 40.3 Å². The number of pyridine rings is 1. The summed E-state index contributed by atoms with van der Waals surface area (Å²) in [6.45, 7) is 1.40. The highest BCUT2D eigenvalue weighted by Crippen LogP contribution is 2.34. The summed E-state index contributed by atoms with van der Waals surface area (Å²) in [7, 11) is 0. The minimum atomic E-state index is -4.91. The van der Waals surface area contributed by atoms with Gasteiger partial charge in [0.15, 0.2) is 0 Å². The van der Waals surface area contributed by atoms with Gasteiger partial charge in [0.25, 0.3) is 5.56 Å². The lowest BCUT2D eigenvalue weighted by molar-refractivity contribution is -0.141. The molecule has 1 aliphatic rings. The molecule has 0 spiro atoms. The third kappa shape index (κ3) is 7.41. The minimum Gasteiger partial charge on any atom is -0.363 e. The van der Waals surface area contributed by atoms with E-state index >= 15 is 0 Å². The van der Waals surface area contributed by atoms with Gasteiger partial charge in [-0.3, -0.25) is 18.8 Å². The summed E-state index contributed by atoms with van der Waals surface area (Å²) < 4.78 is 97.8. The molecule has 8 nitrogen and oxygen atoms in total. The summed E-state index contributed by atoms with van der Waals surface area (Å²) in [4.78, 5) is 35.0. The van der Waals surface area contributed by atoms with Crippen molar-refractivity contribution in [3.8, 4) is 0 Å². The number of nitrogens with zero attached hydrogens (tertiary/aromatic N) is 5. The first-order valence-electron chi connectivity index (χ1n) is 14.6. The van der Waals surface area contributed by atoms with Crippen LogP contribution >= 0.6 is 0 Å². The molecule has 0 amide bonds. The zero-order chi connectivity index (χ0) is 34.1. The van der Waals surface area contributed by atoms with Crippen molar-refractivity contribution < 1.29 is 30.7 Å². The second-order valence-electron chi connectivity index (χ2n) is 11.3. The molecule has 2 aromatic carbocycles. The molecule has 0 unspecified atom stereocenters. The fourth-order valence-electron chi connectivity index (χ4n) is 5.73. The predicted molar refractivity (Wildman–Crippen MR) is 160 cm³/mol. The summed E-state index contributed by atoms with van der Waals surface area (Å²) in [5.41, 5.74) is 2.56. The lowest BCUT2D eigenvalue weighted by Crippen LogP contribution is -2.51. The van der Waals surface area contributed by atoms with E-state index in [1.807, 2.05) is 4.90 Å². The summed E-state index contributed by atoms with van der Waals surface area (Å²) >= 11 is 0. The maximum Gasteiger partial charge on any atom is 0.433 e. The van der Waals surface area contributed by atoms with E-state index in [1.54, 1.807) is 35.2 Å². The van der Waals surface area contributed by atoms with Crippen LogP contribution < -0.4 is 21.9 Å². The van der Waals surface area contributed by atoms with E-state index in [0.29, 0.717) is 18.7 Å². The molecule has 0 radical (unpaired) electrons. The van der Waals surface area contributed by atoms with E-state index in [-0.39, 0.29) is 43.3 Å². The zero-order valence-corrected chi connectivity index (χ0v) is 25.2. The second-order valence-corrected chi connectivity index (χ2v) is 11.3. The average Bonchev–Trinajstić information content (AvgIpc) is 3.02. The Morgan fingerprint density at radius 2 is 1.47 bits per heavy atom. The van der Waals surface area contributed by atoms with Gasteiger partial charge in [-0.15, -0.1) is 0 Å². The maximum atomic E-state index is 14.9. The first kappa shape index (κ1) is 33.9. The molecule has 47 heavy (non-hydrogen) atoms. The number of alkyl halides is 6. The molecule has 0 aliphatic carbocycles. The number of hydrogen-bond donors (Lipinski definition) is 1. The smallest absolute Gasteiger partial charge is 0.363 e. The highest BCUT2D eigenvalue weighted by atomic mass is 19.4. The highest BCUT2D eigenvalue weighted by Gasteiger charge is 2.36. The zero-order valence-electron chi connectivity index (χ0n) is 25.2. The molecule has 250 valence electrons. The Balaban J connectivity index is 1.51. The summed E-state index contributed by atoms with van der Waals surface area (Å²) in [5, 5.41) is 0. The molecule has 5 rings (SSSR count). The van der Waals surface area contributed by atoms with Crippen molar-refractivity contribution in [3.63, 3.8) is 0 Å². The van der Waals surface area contributed by atoms with Gasteiger partial charge in [0.05, 0.1) is 24.3 Å². The van der Waals surface area contributed by atoms with Crippen LogP contribution in [-0.2, 0) is 32.0 Å². The van der Waals surface area contributed by atoms with Crippen LogP contribution in [0.1, 0.15) is 39.8 Å². The van der Waals surface area contributed by atoms with Gasteiger partial charge < -0.3 is 10.6 Å². The Hall–Kier alpha value is -4.50. The quantitative estimate of drug-likeness (QED) is 0.268. The molecule has 1 atom stereocenters. The van der Waals surface area contributed by atoms with Crippen molar-refractivity contribution in [1.29, 1.82) is 0 Å². The molecular formula is C32H31F7N6O2. The van der Waals surface area contributed by atoms with Crippen molar-refractivity contribution in [3.05, 3.63) is 127 Å². The second kappa shape index (κ2) is 13.3. The highest BCUT2D eigenvalue weighted by molar-refractivity contribution is 5.50. The monoisotopic (exact) mass is 664 g/mol. The predicted octanol–water partition coefficient (Wildman–Crippen LogP) is 4.96. The molecule has 4 aromatic rings. The summed E-state index contributed by atoms with van der Waals surface area (Å²) in [5.74, 6) is -1.16. The molecule has 2 N–H and O–H groups in total. The Morgan fingerprint density at radius 1 is 0.809 bits per heavy atom. The third-order valence-electron chi connectivity index (χ3n) is 8.18. The van der Waals surface area contributed by atoms with Gasteiger partial charge in [-0.25, -0.2) is 14.2 Å². The van der Waals surface area contributed by atoms with Crippen LogP contribution in [0.4, 0.5) is 36.4 Å². The molecule has 1 saturated heterocycles. The van der Waals surface area contributed by atoms with Gasteiger partial charge in [-0.2, -0.15) is 26.3 Å². The van der Waals surface area contributed by atoms with E-state index in [2.05, 4.69) is 4.98 Å². The average molecular weight is 665 g/mol. The number of aromatic nitrogens is 3. The first-order chi connectivity index (χ1) is 22.1. The van der Waals surface area contributed by atoms with Gasteiger partial charge in [0, 0.05) is 50.0 Å². The number of piperazine rings is 1. The van der Waals surface area contributed by atoms with Gasteiger partial charge in [0.2, 0.25) is 0 Å². The molecular weight excluding hydrogens is 633 g/mol. The van der Waals surface area contributed by atoms with Crippen LogP contribution in [0.25, 0.3) is 0 Å².